The number of nitrogens with one attached hydrogen (secondary N) is 1. The summed E-state index contributed by atoms with van der Waals surface area (Å²) in [7, 11) is -3.60. The monoisotopic (exact) mass is 372 g/mol. The Balaban J connectivity index is 1.93. The molecule has 0 aliphatic carbocycles. The summed E-state index contributed by atoms with van der Waals surface area (Å²) < 4.78 is 26.8. The number of nitrogens with zero attached hydrogens (tertiary/aromatic N) is 1. The van der Waals surface area contributed by atoms with Crippen LogP contribution in [-0.2, 0) is 14.8 Å². The number of benzene rings is 1. The number of hydrogen-bond donors (Lipinski definition) is 1. The van der Waals surface area contributed by atoms with Gasteiger partial charge in [-0.15, -0.1) is 0 Å². The van der Waals surface area contributed by atoms with Crippen LogP contribution in [-0.4, -0.2) is 38.3 Å². The SMILES string of the molecule is CC(C)CCNC(=O)C1CCN(S(=O)(=O)c2ccccc2Cl)CC1. The maximum Gasteiger partial charge on any atom is 0.244 e. The van der Waals surface area contributed by atoms with Gasteiger partial charge in [0.05, 0.1) is 5.02 Å². The van der Waals surface area contributed by atoms with E-state index >= 15 is 0 Å². The van der Waals surface area contributed by atoms with E-state index in [0.717, 1.165) is 6.42 Å². The van der Waals surface area contributed by atoms with Gasteiger partial charge in [-0.1, -0.05) is 37.6 Å². The van der Waals surface area contributed by atoms with Gasteiger partial charge in [0.1, 0.15) is 4.90 Å². The van der Waals surface area contributed by atoms with Gasteiger partial charge in [0, 0.05) is 25.6 Å². The lowest BCUT2D eigenvalue weighted by molar-refractivity contribution is -0.126. The van der Waals surface area contributed by atoms with Crippen molar-refractivity contribution in [2.75, 3.05) is 19.6 Å². The molecule has 0 aromatic heterocycles. The van der Waals surface area contributed by atoms with E-state index in [1.165, 1.54) is 10.4 Å². The summed E-state index contributed by atoms with van der Waals surface area (Å²) in [5.74, 6) is 0.466. The Morgan fingerprint density at radius 2 is 1.92 bits per heavy atom. The van der Waals surface area contributed by atoms with E-state index in [4.69, 9.17) is 11.6 Å². The Morgan fingerprint density at radius 1 is 1.29 bits per heavy atom. The molecule has 1 fully saturated rings. The largest absolute Gasteiger partial charge is 0.356 e. The minimum Gasteiger partial charge on any atom is -0.356 e. The van der Waals surface area contributed by atoms with E-state index < -0.39 is 10.0 Å². The molecule has 134 valence electrons. The molecular weight excluding hydrogens is 348 g/mol. The van der Waals surface area contributed by atoms with E-state index in [1.54, 1.807) is 18.2 Å². The number of sulfonamides is 1. The lowest BCUT2D eigenvalue weighted by Crippen LogP contribution is -2.43. The van der Waals surface area contributed by atoms with Gasteiger partial charge in [-0.25, -0.2) is 8.42 Å². The summed E-state index contributed by atoms with van der Waals surface area (Å²) in [6.07, 6.45) is 2.03. The first kappa shape index (κ1) is 19.2. The third-order valence-electron chi connectivity index (χ3n) is 4.30. The van der Waals surface area contributed by atoms with Crippen LogP contribution in [0.25, 0.3) is 0 Å². The Hall–Kier alpha value is -1.11. The lowest BCUT2D eigenvalue weighted by atomic mass is 9.97. The van der Waals surface area contributed by atoms with Gasteiger partial charge in [0.25, 0.3) is 0 Å². The van der Waals surface area contributed by atoms with Crippen molar-refractivity contribution in [1.82, 2.24) is 9.62 Å². The number of amides is 1. The summed E-state index contributed by atoms with van der Waals surface area (Å²) in [6.45, 7) is 5.59. The standard InChI is InChI=1S/C17H25ClN2O3S/c1-13(2)7-10-19-17(21)14-8-11-20(12-9-14)24(22,23)16-6-4-3-5-15(16)18/h3-6,13-14H,7-12H2,1-2H3,(H,19,21). The molecule has 1 heterocycles. The van der Waals surface area contributed by atoms with Crippen molar-refractivity contribution >= 4 is 27.5 Å². The van der Waals surface area contributed by atoms with Crippen LogP contribution < -0.4 is 5.32 Å². The van der Waals surface area contributed by atoms with Crippen LogP contribution in [0.4, 0.5) is 0 Å². The molecule has 7 heteroatoms. The van der Waals surface area contributed by atoms with E-state index in [0.29, 0.717) is 38.4 Å². The van der Waals surface area contributed by atoms with Gasteiger partial charge in [0.15, 0.2) is 0 Å². The van der Waals surface area contributed by atoms with Crippen LogP contribution in [0.1, 0.15) is 33.1 Å². The minimum absolute atomic E-state index is 0.0328. The smallest absolute Gasteiger partial charge is 0.244 e. The fraction of sp³-hybridized carbons (Fsp3) is 0.588. The molecule has 1 aromatic rings. The van der Waals surface area contributed by atoms with Gasteiger partial charge in [0.2, 0.25) is 15.9 Å². The number of rotatable bonds is 6. The molecule has 1 aliphatic heterocycles. The van der Waals surface area contributed by atoms with Gasteiger partial charge in [-0.05, 0) is 37.3 Å². The van der Waals surface area contributed by atoms with Gasteiger partial charge in [-0.2, -0.15) is 4.31 Å². The molecule has 0 saturated carbocycles. The second-order valence-corrected chi connectivity index (χ2v) is 8.90. The molecule has 0 bridgehead atoms. The van der Waals surface area contributed by atoms with Crippen molar-refractivity contribution in [1.29, 1.82) is 0 Å². The highest BCUT2D eigenvalue weighted by molar-refractivity contribution is 7.89. The van der Waals surface area contributed by atoms with E-state index in [2.05, 4.69) is 19.2 Å². The zero-order valence-corrected chi connectivity index (χ0v) is 15.7. The molecule has 0 unspecified atom stereocenters. The normalized spacial score (nSPS) is 17.2. The molecular formula is C17H25ClN2O3S. The molecule has 0 radical (unpaired) electrons. The second kappa shape index (κ2) is 8.32. The number of carbonyl (C=O) groups is 1. The summed E-state index contributed by atoms with van der Waals surface area (Å²) in [4.78, 5) is 12.3. The van der Waals surface area contributed by atoms with Crippen LogP contribution in [0.5, 0.6) is 0 Å². The van der Waals surface area contributed by atoms with Crippen LogP contribution >= 0.6 is 11.6 Å². The fourth-order valence-electron chi connectivity index (χ4n) is 2.78. The molecule has 2 rings (SSSR count). The zero-order chi connectivity index (χ0) is 17.7. The average molecular weight is 373 g/mol. The van der Waals surface area contributed by atoms with E-state index in [-0.39, 0.29) is 21.7 Å². The molecule has 0 atom stereocenters. The third kappa shape index (κ3) is 4.71. The first-order chi connectivity index (χ1) is 11.3. The molecule has 24 heavy (non-hydrogen) atoms. The van der Waals surface area contributed by atoms with E-state index in [1.807, 2.05) is 0 Å². The van der Waals surface area contributed by atoms with Gasteiger partial charge < -0.3 is 5.32 Å². The van der Waals surface area contributed by atoms with Crippen LogP contribution in [0.2, 0.25) is 5.02 Å². The highest BCUT2D eigenvalue weighted by atomic mass is 35.5. The van der Waals surface area contributed by atoms with Crippen molar-refractivity contribution in [3.8, 4) is 0 Å². The second-order valence-electron chi connectivity index (χ2n) is 6.58. The summed E-state index contributed by atoms with van der Waals surface area (Å²) in [6, 6.07) is 6.45. The van der Waals surface area contributed by atoms with Gasteiger partial charge >= 0.3 is 0 Å². The summed E-state index contributed by atoms with van der Waals surface area (Å²) in [5, 5.41) is 3.18. The number of carbonyl (C=O) groups excluding carboxylic acids is 1. The Labute approximate surface area is 149 Å². The van der Waals surface area contributed by atoms with Crippen molar-refractivity contribution in [2.45, 2.75) is 38.0 Å². The van der Waals surface area contributed by atoms with Crippen molar-refractivity contribution in [2.24, 2.45) is 11.8 Å². The molecule has 1 aliphatic rings. The van der Waals surface area contributed by atoms with Crippen molar-refractivity contribution in [3.63, 3.8) is 0 Å². The predicted molar refractivity (Wildman–Crippen MR) is 95.4 cm³/mol. The maximum atomic E-state index is 12.7. The molecule has 1 amide bonds. The van der Waals surface area contributed by atoms with Crippen molar-refractivity contribution < 1.29 is 13.2 Å². The molecule has 1 saturated heterocycles. The Bertz CT molecular complexity index is 668. The zero-order valence-electron chi connectivity index (χ0n) is 14.2. The number of piperidine rings is 1. The fourth-order valence-corrected chi connectivity index (χ4v) is 4.74. The van der Waals surface area contributed by atoms with Crippen LogP contribution in [0, 0.1) is 11.8 Å². The lowest BCUT2D eigenvalue weighted by Gasteiger charge is -2.30. The molecule has 1 aromatic carbocycles. The topological polar surface area (TPSA) is 66.5 Å². The van der Waals surface area contributed by atoms with Crippen LogP contribution in [0.3, 0.4) is 0 Å². The minimum atomic E-state index is -3.60. The number of halogens is 1. The molecule has 0 spiro atoms. The van der Waals surface area contributed by atoms with E-state index in [9.17, 15) is 13.2 Å². The van der Waals surface area contributed by atoms with Gasteiger partial charge in [-0.3, -0.25) is 4.79 Å². The Morgan fingerprint density at radius 3 is 2.50 bits per heavy atom. The highest BCUT2D eigenvalue weighted by Crippen LogP contribution is 2.28. The molecule has 5 nitrogen and oxygen atoms in total. The van der Waals surface area contributed by atoms with Crippen LogP contribution in [0.15, 0.2) is 29.2 Å². The molecule has 1 N–H and O–H groups in total. The van der Waals surface area contributed by atoms with Crippen molar-refractivity contribution in [3.05, 3.63) is 29.3 Å². The highest BCUT2D eigenvalue weighted by Gasteiger charge is 2.32. The average Bonchev–Trinajstić information content (AvgIpc) is 2.54. The predicted octanol–water partition coefficient (Wildman–Crippen LogP) is 2.90. The summed E-state index contributed by atoms with van der Waals surface area (Å²) >= 11 is 6.02. The quantitative estimate of drug-likeness (QED) is 0.834. The third-order valence-corrected chi connectivity index (χ3v) is 6.70. The maximum absolute atomic E-state index is 12.7. The first-order valence-corrected chi connectivity index (χ1v) is 10.2. The number of hydrogen-bond acceptors (Lipinski definition) is 3. The summed E-state index contributed by atoms with van der Waals surface area (Å²) in [5.41, 5.74) is 0. The first-order valence-electron chi connectivity index (χ1n) is 8.34. The Kier molecular flexibility index (Phi) is 6.66.